The number of halogens is 1. The van der Waals surface area contributed by atoms with Gasteiger partial charge in [0, 0.05) is 6.54 Å². The molecule has 0 amide bonds. The second kappa shape index (κ2) is 4.62. The Morgan fingerprint density at radius 1 is 1.50 bits per heavy atom. The van der Waals surface area contributed by atoms with E-state index in [-0.39, 0.29) is 16.2 Å². The van der Waals surface area contributed by atoms with Crippen LogP contribution >= 0.6 is 22.9 Å². The van der Waals surface area contributed by atoms with Crippen molar-refractivity contribution in [3.05, 3.63) is 16.5 Å². The van der Waals surface area contributed by atoms with Crippen LogP contribution in [0.25, 0.3) is 0 Å². The topological polar surface area (TPSA) is 66.4 Å². The third kappa shape index (κ3) is 2.75. The number of rotatable bonds is 4. The van der Waals surface area contributed by atoms with Crippen LogP contribution < -0.4 is 4.72 Å². The molecular weight excluding hydrogens is 270 g/mol. The summed E-state index contributed by atoms with van der Waals surface area (Å²) in [6.07, 6.45) is 1.09. The molecule has 1 aliphatic rings. The van der Waals surface area contributed by atoms with E-state index in [1.54, 1.807) is 6.07 Å². The van der Waals surface area contributed by atoms with E-state index in [0.29, 0.717) is 23.7 Å². The van der Waals surface area contributed by atoms with Gasteiger partial charge in [-0.25, -0.2) is 13.1 Å². The van der Waals surface area contributed by atoms with Crippen LogP contribution in [0.15, 0.2) is 16.3 Å². The quantitative estimate of drug-likeness (QED) is 0.878. The van der Waals surface area contributed by atoms with E-state index >= 15 is 0 Å². The molecular formula is C9H12ClNO3S2. The zero-order valence-electron chi connectivity index (χ0n) is 8.39. The molecule has 0 saturated heterocycles. The number of aliphatic hydroxyl groups excluding tert-OH is 1. The summed E-state index contributed by atoms with van der Waals surface area (Å²) < 4.78 is 26.7. The van der Waals surface area contributed by atoms with Crippen LogP contribution in [-0.4, -0.2) is 26.2 Å². The Hall–Kier alpha value is -0.140. The van der Waals surface area contributed by atoms with Crippen LogP contribution in [0.1, 0.15) is 12.8 Å². The minimum Gasteiger partial charge on any atom is -0.393 e. The molecule has 16 heavy (non-hydrogen) atoms. The van der Waals surface area contributed by atoms with Gasteiger partial charge in [0.05, 0.1) is 10.4 Å². The molecule has 2 rings (SSSR count). The Kier molecular flexibility index (Phi) is 3.56. The zero-order valence-corrected chi connectivity index (χ0v) is 10.8. The highest BCUT2D eigenvalue weighted by atomic mass is 35.5. The maximum Gasteiger partial charge on any atom is 0.250 e. The van der Waals surface area contributed by atoms with Gasteiger partial charge in [-0.05, 0) is 30.9 Å². The first kappa shape index (κ1) is 12.3. The normalized spacial score (nSPS) is 25.4. The SMILES string of the molecule is O=S(=O)(NCC1CC(O)C1)c1ccc(Cl)s1. The fraction of sp³-hybridized carbons (Fsp3) is 0.556. The third-order valence-electron chi connectivity index (χ3n) is 2.59. The number of nitrogens with one attached hydrogen (secondary N) is 1. The van der Waals surface area contributed by atoms with E-state index in [4.69, 9.17) is 16.7 Å². The predicted octanol–water partition coefficient (Wildman–Crippen LogP) is 1.45. The molecule has 1 aliphatic carbocycles. The van der Waals surface area contributed by atoms with Crippen molar-refractivity contribution in [3.63, 3.8) is 0 Å². The molecule has 0 atom stereocenters. The molecule has 0 aliphatic heterocycles. The Morgan fingerprint density at radius 2 is 2.19 bits per heavy atom. The van der Waals surface area contributed by atoms with Gasteiger partial charge in [0.1, 0.15) is 4.21 Å². The molecule has 2 N–H and O–H groups in total. The third-order valence-corrected chi connectivity index (χ3v) is 5.73. The minimum atomic E-state index is -3.43. The van der Waals surface area contributed by atoms with Gasteiger partial charge in [-0.1, -0.05) is 11.6 Å². The maximum absolute atomic E-state index is 11.7. The van der Waals surface area contributed by atoms with Crippen molar-refractivity contribution in [2.45, 2.75) is 23.2 Å². The Bertz CT molecular complexity index is 465. The fourth-order valence-electron chi connectivity index (χ4n) is 1.61. The van der Waals surface area contributed by atoms with Crippen molar-refractivity contribution in [1.29, 1.82) is 0 Å². The van der Waals surface area contributed by atoms with Crippen LogP contribution in [-0.2, 0) is 10.0 Å². The number of hydrogen-bond donors (Lipinski definition) is 2. The Balaban J connectivity index is 1.93. The van der Waals surface area contributed by atoms with E-state index in [0.717, 1.165) is 11.3 Å². The van der Waals surface area contributed by atoms with E-state index in [1.807, 2.05) is 0 Å². The second-order valence-electron chi connectivity index (χ2n) is 3.90. The van der Waals surface area contributed by atoms with Crippen LogP contribution in [0.5, 0.6) is 0 Å². The highest BCUT2D eigenvalue weighted by molar-refractivity contribution is 7.91. The summed E-state index contributed by atoms with van der Waals surface area (Å²) in [6, 6.07) is 3.05. The molecule has 0 radical (unpaired) electrons. The lowest BCUT2D eigenvalue weighted by atomic mass is 9.83. The first-order chi connectivity index (χ1) is 7.47. The molecule has 1 aromatic heterocycles. The molecule has 0 unspecified atom stereocenters. The van der Waals surface area contributed by atoms with Crippen molar-refractivity contribution < 1.29 is 13.5 Å². The first-order valence-electron chi connectivity index (χ1n) is 4.90. The lowest BCUT2D eigenvalue weighted by molar-refractivity contribution is 0.0453. The van der Waals surface area contributed by atoms with Gasteiger partial charge in [0.25, 0.3) is 0 Å². The van der Waals surface area contributed by atoms with Crippen molar-refractivity contribution >= 4 is 33.0 Å². The molecule has 1 saturated carbocycles. The predicted molar refractivity (Wildman–Crippen MR) is 63.2 cm³/mol. The van der Waals surface area contributed by atoms with Crippen LogP contribution in [0.3, 0.4) is 0 Å². The summed E-state index contributed by atoms with van der Waals surface area (Å²) in [5.41, 5.74) is 0. The lowest BCUT2D eigenvalue weighted by Crippen LogP contribution is -2.38. The fourth-order valence-corrected chi connectivity index (χ4v) is 4.25. The Morgan fingerprint density at radius 3 is 2.69 bits per heavy atom. The van der Waals surface area contributed by atoms with Crippen molar-refractivity contribution in [2.75, 3.05) is 6.54 Å². The van der Waals surface area contributed by atoms with Gasteiger partial charge >= 0.3 is 0 Å². The number of hydrogen-bond acceptors (Lipinski definition) is 4. The summed E-state index contributed by atoms with van der Waals surface area (Å²) in [5.74, 6) is 0.250. The lowest BCUT2D eigenvalue weighted by Gasteiger charge is -2.31. The molecule has 0 bridgehead atoms. The highest BCUT2D eigenvalue weighted by Crippen LogP contribution is 2.28. The van der Waals surface area contributed by atoms with Crippen molar-refractivity contribution in [1.82, 2.24) is 4.72 Å². The monoisotopic (exact) mass is 281 g/mol. The first-order valence-corrected chi connectivity index (χ1v) is 7.58. The Labute approximate surface area is 103 Å². The van der Waals surface area contributed by atoms with Gasteiger partial charge in [0.2, 0.25) is 10.0 Å². The van der Waals surface area contributed by atoms with Gasteiger partial charge in [-0.3, -0.25) is 0 Å². The van der Waals surface area contributed by atoms with Crippen LogP contribution in [0.4, 0.5) is 0 Å². The number of sulfonamides is 1. The average Bonchev–Trinajstić information content (AvgIpc) is 2.58. The largest absolute Gasteiger partial charge is 0.393 e. The molecule has 1 heterocycles. The van der Waals surface area contributed by atoms with Gasteiger partial charge < -0.3 is 5.11 Å². The summed E-state index contributed by atoms with van der Waals surface area (Å²) in [6.45, 7) is 0.384. The van der Waals surface area contributed by atoms with Crippen molar-refractivity contribution in [3.8, 4) is 0 Å². The van der Waals surface area contributed by atoms with E-state index < -0.39 is 10.0 Å². The second-order valence-corrected chi connectivity index (χ2v) is 7.61. The van der Waals surface area contributed by atoms with Crippen molar-refractivity contribution in [2.24, 2.45) is 5.92 Å². The summed E-state index contributed by atoms with van der Waals surface area (Å²) in [5, 5.41) is 9.08. The van der Waals surface area contributed by atoms with Gasteiger partial charge in [-0.2, -0.15) is 0 Å². The van der Waals surface area contributed by atoms with E-state index in [1.165, 1.54) is 6.07 Å². The maximum atomic E-state index is 11.7. The molecule has 0 spiro atoms. The van der Waals surface area contributed by atoms with Crippen LogP contribution in [0, 0.1) is 5.92 Å². The van der Waals surface area contributed by atoms with Crippen LogP contribution in [0.2, 0.25) is 4.34 Å². The van der Waals surface area contributed by atoms with Gasteiger partial charge in [0.15, 0.2) is 0 Å². The average molecular weight is 282 g/mol. The summed E-state index contributed by atoms with van der Waals surface area (Å²) >= 11 is 6.72. The summed E-state index contributed by atoms with van der Waals surface area (Å²) in [4.78, 5) is 0. The van der Waals surface area contributed by atoms with Gasteiger partial charge in [-0.15, -0.1) is 11.3 Å². The zero-order chi connectivity index (χ0) is 11.8. The molecule has 7 heteroatoms. The molecule has 1 aromatic rings. The molecule has 4 nitrogen and oxygen atoms in total. The standard InChI is InChI=1S/C9H12ClNO3S2/c10-8-1-2-9(15-8)16(13,14)11-5-6-3-7(12)4-6/h1-2,6-7,11-12H,3-5H2. The molecule has 90 valence electrons. The minimum absolute atomic E-state index is 0.234. The van der Waals surface area contributed by atoms with E-state index in [2.05, 4.69) is 4.72 Å². The van der Waals surface area contributed by atoms with E-state index in [9.17, 15) is 8.42 Å². The molecule has 0 aromatic carbocycles. The summed E-state index contributed by atoms with van der Waals surface area (Å²) in [7, 11) is -3.43. The number of thiophene rings is 1. The number of aliphatic hydroxyl groups is 1. The smallest absolute Gasteiger partial charge is 0.250 e. The molecule has 1 fully saturated rings. The highest BCUT2D eigenvalue weighted by Gasteiger charge is 2.28.